The van der Waals surface area contributed by atoms with Crippen LogP contribution >= 0.6 is 0 Å². The van der Waals surface area contributed by atoms with Gasteiger partial charge in [0.25, 0.3) is 0 Å². The van der Waals surface area contributed by atoms with Crippen molar-refractivity contribution in [2.24, 2.45) is 0 Å². The van der Waals surface area contributed by atoms with E-state index >= 15 is 0 Å². The van der Waals surface area contributed by atoms with Crippen LogP contribution in [0.15, 0.2) is 33.5 Å². The normalized spacial score (nSPS) is 10.6. The number of para-hydroxylation sites is 1. The van der Waals surface area contributed by atoms with Crippen LogP contribution in [0.3, 0.4) is 0 Å². The van der Waals surface area contributed by atoms with E-state index in [1.165, 1.54) is 0 Å². The zero-order valence-corrected chi connectivity index (χ0v) is 7.29. The van der Waals surface area contributed by atoms with Crippen LogP contribution in [0, 0.1) is 0 Å². The lowest BCUT2D eigenvalue weighted by Crippen LogP contribution is -2.09. The zero-order chi connectivity index (χ0) is 10.1. The van der Waals surface area contributed by atoms with E-state index in [-0.39, 0.29) is 11.3 Å². The number of fused-ring (bicyclic) bond motifs is 1. The predicted molar refractivity (Wildman–Crippen MR) is 51.7 cm³/mol. The Bertz CT molecular complexity index is 533. The molecule has 14 heavy (non-hydrogen) atoms. The minimum Gasteiger partial charge on any atom is -0.422 e. The zero-order valence-electron chi connectivity index (χ0n) is 7.29. The molecular weight excluding hydrogens is 185 g/mol. The summed E-state index contributed by atoms with van der Waals surface area (Å²) in [6.07, 6.45) is 0. The van der Waals surface area contributed by atoms with Crippen LogP contribution in [0.5, 0.6) is 0 Å². The summed E-state index contributed by atoms with van der Waals surface area (Å²) >= 11 is 0. The van der Waals surface area contributed by atoms with Crippen LogP contribution in [0.2, 0.25) is 0 Å². The Morgan fingerprint density at radius 2 is 2.07 bits per heavy atom. The molecule has 2 N–H and O–H groups in total. The SMILES string of the molecule is Nc1c(CF)c(=O)oc2ccccc12. The Morgan fingerprint density at radius 1 is 1.36 bits per heavy atom. The van der Waals surface area contributed by atoms with Crippen molar-refractivity contribution in [2.45, 2.75) is 6.67 Å². The fourth-order valence-corrected chi connectivity index (χ4v) is 1.34. The highest BCUT2D eigenvalue weighted by Crippen LogP contribution is 2.22. The molecule has 0 unspecified atom stereocenters. The summed E-state index contributed by atoms with van der Waals surface area (Å²) < 4.78 is 17.3. The van der Waals surface area contributed by atoms with E-state index in [9.17, 15) is 9.18 Å². The lowest BCUT2D eigenvalue weighted by Gasteiger charge is -2.03. The summed E-state index contributed by atoms with van der Waals surface area (Å²) in [6.45, 7) is -0.904. The van der Waals surface area contributed by atoms with E-state index in [2.05, 4.69) is 0 Å². The van der Waals surface area contributed by atoms with Crippen molar-refractivity contribution in [1.82, 2.24) is 0 Å². The number of nitrogens with two attached hydrogens (primary N) is 1. The lowest BCUT2D eigenvalue weighted by molar-refractivity contribution is 0.461. The molecule has 2 rings (SSSR count). The number of hydrogen-bond acceptors (Lipinski definition) is 3. The molecule has 72 valence electrons. The minimum absolute atomic E-state index is 0.108. The fourth-order valence-electron chi connectivity index (χ4n) is 1.34. The average molecular weight is 193 g/mol. The fraction of sp³-hybridized carbons (Fsp3) is 0.100. The standard InChI is InChI=1S/C10H8FNO2/c11-5-7-9(12)6-3-1-2-4-8(6)14-10(7)13/h1-4H,5,12H2. The first-order chi connectivity index (χ1) is 6.74. The van der Waals surface area contributed by atoms with Gasteiger partial charge in [0.1, 0.15) is 12.3 Å². The van der Waals surface area contributed by atoms with Crippen LogP contribution < -0.4 is 11.4 Å². The minimum atomic E-state index is -0.904. The van der Waals surface area contributed by atoms with Crippen LogP contribution in [0.25, 0.3) is 11.0 Å². The molecule has 0 amide bonds. The van der Waals surface area contributed by atoms with Crippen molar-refractivity contribution < 1.29 is 8.81 Å². The van der Waals surface area contributed by atoms with E-state index in [4.69, 9.17) is 10.2 Å². The van der Waals surface area contributed by atoms with Gasteiger partial charge in [-0.05, 0) is 12.1 Å². The highest BCUT2D eigenvalue weighted by Gasteiger charge is 2.10. The number of nitrogen functional groups attached to an aromatic ring is 1. The van der Waals surface area contributed by atoms with Crippen molar-refractivity contribution >= 4 is 16.7 Å². The Kier molecular flexibility index (Phi) is 1.96. The van der Waals surface area contributed by atoms with Crippen molar-refractivity contribution in [3.63, 3.8) is 0 Å². The number of benzene rings is 1. The molecule has 0 radical (unpaired) electrons. The third-order valence-electron chi connectivity index (χ3n) is 2.09. The Morgan fingerprint density at radius 3 is 2.79 bits per heavy atom. The first kappa shape index (κ1) is 8.74. The highest BCUT2D eigenvalue weighted by molar-refractivity contribution is 5.89. The molecule has 1 aromatic carbocycles. The van der Waals surface area contributed by atoms with Gasteiger partial charge in [-0.1, -0.05) is 12.1 Å². The van der Waals surface area contributed by atoms with Crippen molar-refractivity contribution in [2.75, 3.05) is 5.73 Å². The molecule has 0 bridgehead atoms. The highest BCUT2D eigenvalue weighted by atomic mass is 19.1. The smallest absolute Gasteiger partial charge is 0.344 e. The van der Waals surface area contributed by atoms with E-state index in [0.29, 0.717) is 11.0 Å². The van der Waals surface area contributed by atoms with E-state index in [1.807, 2.05) is 0 Å². The molecular formula is C10H8FNO2. The number of halogens is 1. The van der Waals surface area contributed by atoms with Crippen LogP contribution in [-0.4, -0.2) is 0 Å². The van der Waals surface area contributed by atoms with Crippen molar-refractivity contribution in [3.8, 4) is 0 Å². The molecule has 0 aliphatic rings. The predicted octanol–water partition coefficient (Wildman–Crippen LogP) is 1.84. The molecule has 0 atom stereocenters. The molecule has 0 aliphatic heterocycles. The first-order valence-electron chi connectivity index (χ1n) is 4.10. The topological polar surface area (TPSA) is 56.2 Å². The molecule has 0 saturated carbocycles. The molecule has 3 nitrogen and oxygen atoms in total. The second-order valence-corrected chi connectivity index (χ2v) is 2.91. The average Bonchev–Trinajstić information content (AvgIpc) is 2.18. The molecule has 0 spiro atoms. The number of anilines is 1. The maximum atomic E-state index is 12.4. The van der Waals surface area contributed by atoms with Gasteiger partial charge in [0, 0.05) is 5.39 Å². The van der Waals surface area contributed by atoms with Gasteiger partial charge in [-0.25, -0.2) is 9.18 Å². The second kappa shape index (κ2) is 3.14. The van der Waals surface area contributed by atoms with Crippen molar-refractivity contribution in [1.29, 1.82) is 0 Å². The van der Waals surface area contributed by atoms with Crippen LogP contribution in [0.1, 0.15) is 5.56 Å². The van der Waals surface area contributed by atoms with Crippen LogP contribution in [-0.2, 0) is 6.67 Å². The Balaban J connectivity index is 2.93. The van der Waals surface area contributed by atoms with Gasteiger partial charge in [0.2, 0.25) is 0 Å². The third kappa shape index (κ3) is 1.16. The Labute approximate surface area is 78.9 Å². The summed E-state index contributed by atoms with van der Waals surface area (Å²) in [5.41, 5.74) is 5.37. The van der Waals surface area contributed by atoms with Crippen molar-refractivity contribution in [3.05, 3.63) is 40.2 Å². The van der Waals surface area contributed by atoms with E-state index < -0.39 is 12.3 Å². The molecule has 0 fully saturated rings. The first-order valence-corrected chi connectivity index (χ1v) is 4.10. The van der Waals surface area contributed by atoms with Gasteiger partial charge in [-0.3, -0.25) is 0 Å². The summed E-state index contributed by atoms with van der Waals surface area (Å²) in [5, 5.41) is 0.569. The monoisotopic (exact) mass is 193 g/mol. The summed E-state index contributed by atoms with van der Waals surface area (Å²) in [5.74, 6) is 0. The van der Waals surface area contributed by atoms with Gasteiger partial charge in [-0.15, -0.1) is 0 Å². The molecule has 0 aliphatic carbocycles. The maximum Gasteiger partial charge on any atom is 0.344 e. The second-order valence-electron chi connectivity index (χ2n) is 2.91. The van der Waals surface area contributed by atoms with E-state index in [0.717, 1.165) is 0 Å². The maximum absolute atomic E-state index is 12.4. The number of hydrogen-bond donors (Lipinski definition) is 1. The molecule has 4 heteroatoms. The molecule has 0 saturated heterocycles. The summed E-state index contributed by atoms with van der Waals surface area (Å²) in [6, 6.07) is 6.78. The largest absolute Gasteiger partial charge is 0.422 e. The molecule has 1 heterocycles. The van der Waals surface area contributed by atoms with Gasteiger partial charge >= 0.3 is 5.63 Å². The van der Waals surface area contributed by atoms with Gasteiger partial charge in [0.05, 0.1) is 11.3 Å². The van der Waals surface area contributed by atoms with Crippen LogP contribution in [0.4, 0.5) is 10.1 Å². The van der Waals surface area contributed by atoms with Gasteiger partial charge < -0.3 is 10.2 Å². The van der Waals surface area contributed by atoms with Gasteiger partial charge in [0.15, 0.2) is 0 Å². The summed E-state index contributed by atoms with van der Waals surface area (Å²) in [4.78, 5) is 11.2. The summed E-state index contributed by atoms with van der Waals surface area (Å²) in [7, 11) is 0. The van der Waals surface area contributed by atoms with Gasteiger partial charge in [-0.2, -0.15) is 0 Å². The van der Waals surface area contributed by atoms with E-state index in [1.54, 1.807) is 24.3 Å². The lowest BCUT2D eigenvalue weighted by atomic mass is 10.1. The quantitative estimate of drug-likeness (QED) is 0.703. The Hall–Kier alpha value is -1.84. The molecule has 2 aromatic rings. The third-order valence-corrected chi connectivity index (χ3v) is 2.09. The molecule has 1 aromatic heterocycles. The number of rotatable bonds is 1. The number of alkyl halides is 1.